The molecular formula is C17H28IN3O2. The van der Waals surface area contributed by atoms with E-state index in [2.05, 4.69) is 21.7 Å². The summed E-state index contributed by atoms with van der Waals surface area (Å²) < 4.78 is 11.3. The molecule has 0 bridgehead atoms. The van der Waals surface area contributed by atoms with Gasteiger partial charge >= 0.3 is 0 Å². The van der Waals surface area contributed by atoms with Crippen LogP contribution >= 0.6 is 24.0 Å². The predicted octanol–water partition coefficient (Wildman–Crippen LogP) is 2.94. The lowest BCUT2D eigenvalue weighted by Crippen LogP contribution is -2.38. The maximum Gasteiger partial charge on any atom is 0.191 e. The van der Waals surface area contributed by atoms with Crippen LogP contribution < -0.4 is 15.4 Å². The molecule has 1 aliphatic carbocycles. The van der Waals surface area contributed by atoms with Gasteiger partial charge in [0.05, 0.1) is 12.7 Å². The van der Waals surface area contributed by atoms with Crippen molar-refractivity contribution in [3.05, 3.63) is 29.8 Å². The highest BCUT2D eigenvalue weighted by atomic mass is 127. The van der Waals surface area contributed by atoms with E-state index < -0.39 is 0 Å². The number of guanidine groups is 1. The quantitative estimate of drug-likeness (QED) is 0.287. The summed E-state index contributed by atoms with van der Waals surface area (Å²) in [6.45, 7) is 4.84. The van der Waals surface area contributed by atoms with Crippen molar-refractivity contribution in [3.8, 4) is 5.75 Å². The van der Waals surface area contributed by atoms with E-state index in [-0.39, 0.29) is 24.0 Å². The summed E-state index contributed by atoms with van der Waals surface area (Å²) in [5, 5.41) is 6.55. The first-order chi connectivity index (χ1) is 10.8. The molecule has 2 N–H and O–H groups in total. The SMILES string of the molecule is CCOCCNC(=NC)NCc1ccccc1OC1CCC1.I. The Bertz CT molecular complexity index is 479. The minimum atomic E-state index is 0. The van der Waals surface area contributed by atoms with Crippen molar-refractivity contribution >= 4 is 29.9 Å². The third-order valence-electron chi connectivity index (χ3n) is 3.73. The Morgan fingerprint density at radius 3 is 2.70 bits per heavy atom. The third kappa shape index (κ3) is 6.95. The third-order valence-corrected chi connectivity index (χ3v) is 3.73. The predicted molar refractivity (Wildman–Crippen MR) is 105 cm³/mol. The molecule has 0 atom stereocenters. The van der Waals surface area contributed by atoms with Crippen LogP contribution in [0.4, 0.5) is 0 Å². The number of hydrogen-bond donors (Lipinski definition) is 2. The Balaban J connectivity index is 0.00000264. The monoisotopic (exact) mass is 433 g/mol. The van der Waals surface area contributed by atoms with Gasteiger partial charge in [0.2, 0.25) is 0 Å². The fraction of sp³-hybridized carbons (Fsp3) is 0.588. The van der Waals surface area contributed by atoms with Crippen molar-refractivity contribution in [1.82, 2.24) is 10.6 Å². The molecule has 23 heavy (non-hydrogen) atoms. The van der Waals surface area contributed by atoms with E-state index in [1.165, 1.54) is 19.3 Å². The second kappa shape index (κ2) is 11.5. The first kappa shape index (κ1) is 20.0. The molecular weight excluding hydrogens is 405 g/mol. The van der Waals surface area contributed by atoms with Gasteiger partial charge in [-0.05, 0) is 32.3 Å². The molecule has 130 valence electrons. The number of nitrogens with zero attached hydrogens (tertiary/aromatic N) is 1. The van der Waals surface area contributed by atoms with Crippen LogP contribution in [0.25, 0.3) is 0 Å². The largest absolute Gasteiger partial charge is 0.490 e. The van der Waals surface area contributed by atoms with Gasteiger partial charge < -0.3 is 20.1 Å². The number of rotatable bonds is 8. The van der Waals surface area contributed by atoms with Crippen LogP contribution in [0.1, 0.15) is 31.7 Å². The Kier molecular flexibility index (Phi) is 10.0. The summed E-state index contributed by atoms with van der Waals surface area (Å²) in [5.41, 5.74) is 1.15. The van der Waals surface area contributed by atoms with Gasteiger partial charge in [-0.15, -0.1) is 24.0 Å². The standard InChI is InChI=1S/C17H27N3O2.HI/c1-3-21-12-11-19-17(18-2)20-13-14-7-4-5-10-16(14)22-15-8-6-9-15;/h4-5,7,10,15H,3,6,8-9,11-13H2,1-2H3,(H2,18,19,20);1H. The maximum absolute atomic E-state index is 6.04. The molecule has 0 aliphatic heterocycles. The fourth-order valence-corrected chi connectivity index (χ4v) is 2.22. The van der Waals surface area contributed by atoms with E-state index in [9.17, 15) is 0 Å². The average Bonchev–Trinajstić information content (AvgIpc) is 2.51. The summed E-state index contributed by atoms with van der Waals surface area (Å²) >= 11 is 0. The summed E-state index contributed by atoms with van der Waals surface area (Å²) in [7, 11) is 1.77. The van der Waals surface area contributed by atoms with Gasteiger partial charge in [-0.1, -0.05) is 18.2 Å². The van der Waals surface area contributed by atoms with Crippen LogP contribution in [0.15, 0.2) is 29.3 Å². The zero-order chi connectivity index (χ0) is 15.6. The van der Waals surface area contributed by atoms with Crippen molar-refractivity contribution < 1.29 is 9.47 Å². The van der Waals surface area contributed by atoms with Gasteiger partial charge in [0.15, 0.2) is 5.96 Å². The van der Waals surface area contributed by atoms with Gasteiger partial charge in [-0.25, -0.2) is 0 Å². The Morgan fingerprint density at radius 2 is 2.04 bits per heavy atom. The van der Waals surface area contributed by atoms with Crippen molar-refractivity contribution in [1.29, 1.82) is 0 Å². The molecule has 0 radical (unpaired) electrons. The minimum absolute atomic E-state index is 0. The van der Waals surface area contributed by atoms with Crippen molar-refractivity contribution in [2.45, 2.75) is 38.8 Å². The highest BCUT2D eigenvalue weighted by Gasteiger charge is 2.20. The molecule has 0 amide bonds. The molecule has 2 rings (SSSR count). The molecule has 1 aromatic carbocycles. The number of benzene rings is 1. The van der Waals surface area contributed by atoms with Crippen molar-refractivity contribution in [2.24, 2.45) is 4.99 Å². The zero-order valence-electron chi connectivity index (χ0n) is 14.0. The lowest BCUT2D eigenvalue weighted by atomic mass is 9.96. The molecule has 1 aliphatic rings. The number of ether oxygens (including phenoxy) is 2. The normalized spacial score (nSPS) is 14.6. The van der Waals surface area contributed by atoms with E-state index in [1.807, 2.05) is 25.1 Å². The molecule has 0 spiro atoms. The number of para-hydroxylation sites is 1. The van der Waals surface area contributed by atoms with Gasteiger partial charge in [0.25, 0.3) is 0 Å². The van der Waals surface area contributed by atoms with E-state index >= 15 is 0 Å². The number of nitrogens with one attached hydrogen (secondary N) is 2. The smallest absolute Gasteiger partial charge is 0.191 e. The Hall–Kier alpha value is -1.02. The van der Waals surface area contributed by atoms with Gasteiger partial charge in [-0.2, -0.15) is 0 Å². The van der Waals surface area contributed by atoms with Crippen LogP contribution in [-0.2, 0) is 11.3 Å². The second-order valence-corrected chi connectivity index (χ2v) is 5.33. The second-order valence-electron chi connectivity index (χ2n) is 5.33. The topological polar surface area (TPSA) is 54.9 Å². The molecule has 0 saturated heterocycles. The van der Waals surface area contributed by atoms with Crippen LogP contribution in [0.2, 0.25) is 0 Å². The first-order valence-corrected chi connectivity index (χ1v) is 8.10. The summed E-state index contributed by atoms with van der Waals surface area (Å²) in [6.07, 6.45) is 4.01. The van der Waals surface area contributed by atoms with Gasteiger partial charge in [0.1, 0.15) is 5.75 Å². The van der Waals surface area contributed by atoms with Crippen LogP contribution in [0, 0.1) is 0 Å². The number of hydrogen-bond acceptors (Lipinski definition) is 3. The molecule has 0 heterocycles. The Labute approximate surface area is 156 Å². The molecule has 1 saturated carbocycles. The highest BCUT2D eigenvalue weighted by molar-refractivity contribution is 14.0. The van der Waals surface area contributed by atoms with Gasteiger partial charge in [0, 0.05) is 32.3 Å². The fourth-order valence-electron chi connectivity index (χ4n) is 2.22. The van der Waals surface area contributed by atoms with E-state index in [4.69, 9.17) is 9.47 Å². The van der Waals surface area contributed by atoms with Crippen molar-refractivity contribution in [3.63, 3.8) is 0 Å². The van der Waals surface area contributed by atoms with Crippen LogP contribution in [-0.4, -0.2) is 38.9 Å². The molecule has 6 heteroatoms. The summed E-state index contributed by atoms with van der Waals surface area (Å²) in [4.78, 5) is 4.22. The van der Waals surface area contributed by atoms with Gasteiger partial charge in [-0.3, -0.25) is 4.99 Å². The first-order valence-electron chi connectivity index (χ1n) is 8.10. The molecule has 1 fully saturated rings. The summed E-state index contributed by atoms with van der Waals surface area (Å²) in [5.74, 6) is 1.75. The molecule has 0 unspecified atom stereocenters. The summed E-state index contributed by atoms with van der Waals surface area (Å²) in [6, 6.07) is 8.19. The number of halogens is 1. The minimum Gasteiger partial charge on any atom is -0.490 e. The lowest BCUT2D eigenvalue weighted by Gasteiger charge is -2.27. The molecule has 1 aromatic rings. The average molecular weight is 433 g/mol. The highest BCUT2D eigenvalue weighted by Crippen LogP contribution is 2.27. The maximum atomic E-state index is 6.04. The van der Waals surface area contributed by atoms with Crippen LogP contribution in [0.5, 0.6) is 5.75 Å². The number of aliphatic imine (C=N–C) groups is 1. The van der Waals surface area contributed by atoms with E-state index in [0.29, 0.717) is 19.3 Å². The van der Waals surface area contributed by atoms with Crippen molar-refractivity contribution in [2.75, 3.05) is 26.8 Å². The lowest BCUT2D eigenvalue weighted by molar-refractivity contribution is 0.119. The van der Waals surface area contributed by atoms with E-state index in [0.717, 1.165) is 30.4 Å². The zero-order valence-corrected chi connectivity index (χ0v) is 16.3. The Morgan fingerprint density at radius 1 is 1.26 bits per heavy atom. The van der Waals surface area contributed by atoms with Crippen LogP contribution in [0.3, 0.4) is 0 Å². The molecule has 5 nitrogen and oxygen atoms in total. The molecule has 0 aromatic heterocycles. The van der Waals surface area contributed by atoms with E-state index in [1.54, 1.807) is 7.05 Å².